The van der Waals surface area contributed by atoms with E-state index in [1.165, 1.54) is 0 Å². The number of carbonyl (C=O) groups is 1. The van der Waals surface area contributed by atoms with Crippen LogP contribution < -0.4 is 11.1 Å². The van der Waals surface area contributed by atoms with Crippen molar-refractivity contribution in [3.8, 4) is 0 Å². The third-order valence-corrected chi connectivity index (χ3v) is 1.77. The number of nitrogens with one attached hydrogen (secondary N) is 1. The Morgan fingerprint density at radius 2 is 2.31 bits per heavy atom. The number of aromatic nitrogens is 3. The van der Waals surface area contributed by atoms with Crippen LogP contribution in [0.2, 0.25) is 0 Å². The molecule has 1 rings (SSSR count). The van der Waals surface area contributed by atoms with Crippen LogP contribution in [-0.2, 0) is 18.4 Å². The number of rotatable bonds is 4. The molecule has 1 aromatic rings. The molecule has 0 aliphatic heterocycles. The average molecular weight is 183 g/mol. The van der Waals surface area contributed by atoms with E-state index in [2.05, 4.69) is 15.5 Å². The zero-order valence-electron chi connectivity index (χ0n) is 7.74. The molecular weight excluding hydrogens is 170 g/mol. The molecule has 0 unspecified atom stereocenters. The van der Waals surface area contributed by atoms with Gasteiger partial charge in [0.2, 0.25) is 5.91 Å². The van der Waals surface area contributed by atoms with Gasteiger partial charge in [-0.05, 0) is 6.92 Å². The van der Waals surface area contributed by atoms with Crippen LogP contribution in [0, 0.1) is 6.92 Å². The fourth-order valence-corrected chi connectivity index (χ4v) is 0.902. The van der Waals surface area contributed by atoms with Gasteiger partial charge in [-0.3, -0.25) is 4.79 Å². The van der Waals surface area contributed by atoms with Crippen molar-refractivity contribution < 1.29 is 4.79 Å². The molecule has 1 aromatic heterocycles. The summed E-state index contributed by atoms with van der Waals surface area (Å²) in [5, 5.41) is 10.6. The van der Waals surface area contributed by atoms with E-state index in [9.17, 15) is 4.79 Å². The first-order valence-corrected chi connectivity index (χ1v) is 3.95. The first-order valence-electron chi connectivity index (χ1n) is 3.95. The summed E-state index contributed by atoms with van der Waals surface area (Å²) in [4.78, 5) is 10.4. The third-order valence-electron chi connectivity index (χ3n) is 1.77. The number of primary amides is 1. The minimum atomic E-state index is -0.376. The number of nitrogens with zero attached hydrogens (tertiary/aromatic N) is 3. The van der Waals surface area contributed by atoms with E-state index in [0.29, 0.717) is 6.54 Å². The Bertz CT molecular complexity index is 306. The molecular formula is C7H13N5O. The minimum Gasteiger partial charge on any atom is -0.369 e. The molecule has 72 valence electrons. The predicted octanol–water partition coefficient (Wildman–Crippen LogP) is -1.30. The van der Waals surface area contributed by atoms with Gasteiger partial charge < -0.3 is 15.6 Å². The Kier molecular flexibility index (Phi) is 2.97. The third kappa shape index (κ3) is 2.51. The van der Waals surface area contributed by atoms with E-state index in [1.807, 2.05) is 18.5 Å². The van der Waals surface area contributed by atoms with Crippen molar-refractivity contribution in [2.75, 3.05) is 6.54 Å². The van der Waals surface area contributed by atoms with E-state index < -0.39 is 0 Å². The Morgan fingerprint density at radius 1 is 1.62 bits per heavy atom. The molecule has 0 aromatic carbocycles. The molecule has 0 aliphatic carbocycles. The lowest BCUT2D eigenvalue weighted by Gasteiger charge is -2.01. The summed E-state index contributed by atoms with van der Waals surface area (Å²) >= 11 is 0. The van der Waals surface area contributed by atoms with Gasteiger partial charge in [-0.15, -0.1) is 10.2 Å². The zero-order chi connectivity index (χ0) is 9.84. The number of nitrogens with two attached hydrogens (primary N) is 1. The van der Waals surface area contributed by atoms with Crippen molar-refractivity contribution in [1.82, 2.24) is 20.1 Å². The highest BCUT2D eigenvalue weighted by Gasteiger charge is 2.03. The van der Waals surface area contributed by atoms with Crippen LogP contribution in [0.5, 0.6) is 0 Å². The summed E-state index contributed by atoms with van der Waals surface area (Å²) in [5.41, 5.74) is 4.96. The van der Waals surface area contributed by atoms with E-state index in [1.54, 1.807) is 0 Å². The molecule has 0 radical (unpaired) electrons. The molecule has 0 bridgehead atoms. The van der Waals surface area contributed by atoms with Crippen LogP contribution in [0.25, 0.3) is 0 Å². The molecule has 0 spiro atoms. The van der Waals surface area contributed by atoms with E-state index in [0.717, 1.165) is 11.6 Å². The maximum atomic E-state index is 10.4. The fourth-order valence-electron chi connectivity index (χ4n) is 0.902. The van der Waals surface area contributed by atoms with Crippen LogP contribution >= 0.6 is 0 Å². The van der Waals surface area contributed by atoms with Gasteiger partial charge in [0.15, 0.2) is 0 Å². The molecule has 6 heteroatoms. The molecule has 0 aliphatic rings. The van der Waals surface area contributed by atoms with E-state index in [-0.39, 0.29) is 12.5 Å². The highest BCUT2D eigenvalue weighted by atomic mass is 16.1. The van der Waals surface area contributed by atoms with Gasteiger partial charge in [-0.1, -0.05) is 0 Å². The van der Waals surface area contributed by atoms with Crippen LogP contribution in [-0.4, -0.2) is 27.2 Å². The zero-order valence-corrected chi connectivity index (χ0v) is 7.74. The Balaban J connectivity index is 2.45. The van der Waals surface area contributed by atoms with E-state index in [4.69, 9.17) is 5.73 Å². The normalized spacial score (nSPS) is 10.3. The monoisotopic (exact) mass is 183 g/mol. The topological polar surface area (TPSA) is 85.8 Å². The average Bonchev–Trinajstić information content (AvgIpc) is 2.35. The lowest BCUT2D eigenvalue weighted by Crippen LogP contribution is -2.28. The van der Waals surface area contributed by atoms with Gasteiger partial charge in [0.1, 0.15) is 11.6 Å². The molecule has 0 atom stereocenters. The Labute approximate surface area is 76.1 Å². The summed E-state index contributed by atoms with van der Waals surface area (Å²) in [6, 6.07) is 0. The van der Waals surface area contributed by atoms with Crippen molar-refractivity contribution in [1.29, 1.82) is 0 Å². The number of amides is 1. The lowest BCUT2D eigenvalue weighted by molar-refractivity contribution is -0.117. The van der Waals surface area contributed by atoms with Crippen LogP contribution in [0.4, 0.5) is 0 Å². The van der Waals surface area contributed by atoms with Crippen LogP contribution in [0.15, 0.2) is 0 Å². The van der Waals surface area contributed by atoms with Gasteiger partial charge in [0, 0.05) is 7.05 Å². The van der Waals surface area contributed by atoms with Crippen LogP contribution in [0.1, 0.15) is 11.6 Å². The number of hydrogen-bond donors (Lipinski definition) is 2. The minimum absolute atomic E-state index is 0.159. The standard InChI is InChI=1S/C7H13N5O/c1-5-10-11-7(12(5)2)4-9-3-6(8)13/h9H,3-4H2,1-2H3,(H2,8,13). The quantitative estimate of drug-likeness (QED) is 0.607. The largest absolute Gasteiger partial charge is 0.369 e. The molecule has 13 heavy (non-hydrogen) atoms. The first-order chi connectivity index (χ1) is 6.11. The highest BCUT2D eigenvalue weighted by molar-refractivity contribution is 5.75. The van der Waals surface area contributed by atoms with Gasteiger partial charge in [0.25, 0.3) is 0 Å². The molecule has 6 nitrogen and oxygen atoms in total. The summed E-state index contributed by atoms with van der Waals surface area (Å²) in [6.45, 7) is 2.52. The second-order valence-electron chi connectivity index (χ2n) is 2.79. The summed E-state index contributed by atoms with van der Waals surface area (Å²) in [6.07, 6.45) is 0. The Morgan fingerprint density at radius 3 is 2.77 bits per heavy atom. The lowest BCUT2D eigenvalue weighted by atomic mass is 10.5. The summed E-state index contributed by atoms with van der Waals surface area (Å²) in [5.74, 6) is 1.26. The first kappa shape index (κ1) is 9.66. The van der Waals surface area contributed by atoms with Crippen molar-refractivity contribution in [3.63, 3.8) is 0 Å². The summed E-state index contributed by atoms with van der Waals surface area (Å²) in [7, 11) is 1.87. The molecule has 1 heterocycles. The van der Waals surface area contributed by atoms with Gasteiger partial charge in [0.05, 0.1) is 13.1 Å². The van der Waals surface area contributed by atoms with Gasteiger partial charge in [-0.25, -0.2) is 0 Å². The predicted molar refractivity (Wildman–Crippen MR) is 46.6 cm³/mol. The fraction of sp³-hybridized carbons (Fsp3) is 0.571. The molecule has 1 amide bonds. The number of carbonyl (C=O) groups excluding carboxylic acids is 1. The highest BCUT2D eigenvalue weighted by Crippen LogP contribution is 1.95. The SMILES string of the molecule is Cc1nnc(CNCC(N)=O)n1C. The van der Waals surface area contributed by atoms with Crippen molar-refractivity contribution in [2.24, 2.45) is 12.8 Å². The smallest absolute Gasteiger partial charge is 0.231 e. The number of hydrogen-bond acceptors (Lipinski definition) is 4. The second-order valence-corrected chi connectivity index (χ2v) is 2.79. The van der Waals surface area contributed by atoms with Crippen molar-refractivity contribution >= 4 is 5.91 Å². The molecule has 0 saturated carbocycles. The maximum absolute atomic E-state index is 10.4. The van der Waals surface area contributed by atoms with Crippen molar-refractivity contribution in [3.05, 3.63) is 11.6 Å². The van der Waals surface area contributed by atoms with Crippen molar-refractivity contribution in [2.45, 2.75) is 13.5 Å². The molecule has 0 fully saturated rings. The Hall–Kier alpha value is -1.43. The molecule has 0 saturated heterocycles. The summed E-state index contributed by atoms with van der Waals surface area (Å²) < 4.78 is 1.86. The second kappa shape index (κ2) is 3.99. The van der Waals surface area contributed by atoms with Crippen LogP contribution in [0.3, 0.4) is 0 Å². The number of aryl methyl sites for hydroxylation is 1. The van der Waals surface area contributed by atoms with E-state index >= 15 is 0 Å². The van der Waals surface area contributed by atoms with Gasteiger partial charge in [-0.2, -0.15) is 0 Å². The van der Waals surface area contributed by atoms with Gasteiger partial charge >= 0.3 is 0 Å². The molecule has 3 N–H and O–H groups in total. The maximum Gasteiger partial charge on any atom is 0.231 e.